The molecular formula is C14H14NO6-. The Bertz CT molecular complexity index is 530. The monoisotopic (exact) mass is 292 g/mol. The van der Waals surface area contributed by atoms with E-state index < -0.39 is 24.1 Å². The summed E-state index contributed by atoms with van der Waals surface area (Å²) in [6, 6.07) is 8.13. The highest BCUT2D eigenvalue weighted by Gasteiger charge is 2.38. The Morgan fingerprint density at radius 2 is 2.05 bits per heavy atom. The molecule has 2 rings (SSSR count). The first-order chi connectivity index (χ1) is 10.1. The summed E-state index contributed by atoms with van der Waals surface area (Å²) in [5.41, 5.74) is 0.809. The van der Waals surface area contributed by atoms with Gasteiger partial charge in [0.1, 0.15) is 12.6 Å². The number of rotatable bonds is 5. The average Bonchev–Trinajstić information content (AvgIpc) is 2.85. The van der Waals surface area contributed by atoms with Crippen LogP contribution in [0.5, 0.6) is 0 Å². The normalized spacial score (nSPS) is 17.4. The third kappa shape index (κ3) is 3.95. The second-order valence-corrected chi connectivity index (χ2v) is 4.53. The van der Waals surface area contributed by atoms with Crippen LogP contribution >= 0.6 is 0 Å². The number of aliphatic carboxylic acids is 1. The Morgan fingerprint density at radius 1 is 1.33 bits per heavy atom. The highest BCUT2D eigenvalue weighted by molar-refractivity contribution is 5.84. The molecule has 1 fully saturated rings. The quantitative estimate of drug-likeness (QED) is 0.711. The number of nitrogens with zero attached hydrogens (tertiary/aromatic N) is 1. The molecule has 0 radical (unpaired) electrons. The summed E-state index contributed by atoms with van der Waals surface area (Å²) in [5, 5.41) is 10.5. The number of carboxylic acids is 1. The maximum Gasteiger partial charge on any atom is 0.413 e. The first kappa shape index (κ1) is 14.8. The van der Waals surface area contributed by atoms with Crippen molar-refractivity contribution in [1.29, 1.82) is 0 Å². The lowest BCUT2D eigenvalue weighted by Crippen LogP contribution is -2.39. The smallest absolute Gasteiger partial charge is 0.413 e. The minimum atomic E-state index is -1.28. The summed E-state index contributed by atoms with van der Waals surface area (Å²) < 4.78 is 9.85. The maximum absolute atomic E-state index is 11.9. The number of ether oxygens (including phenoxy) is 2. The van der Waals surface area contributed by atoms with E-state index in [0.29, 0.717) is 0 Å². The molecule has 1 aliphatic heterocycles. The lowest BCUT2D eigenvalue weighted by molar-refractivity contribution is -0.305. The van der Waals surface area contributed by atoms with Gasteiger partial charge in [0.2, 0.25) is 0 Å². The Morgan fingerprint density at radius 3 is 2.71 bits per heavy atom. The van der Waals surface area contributed by atoms with Gasteiger partial charge in [0.15, 0.2) is 6.73 Å². The minimum absolute atomic E-state index is 0.0540. The number of benzene rings is 1. The molecular weight excluding hydrogens is 278 g/mol. The van der Waals surface area contributed by atoms with E-state index in [-0.39, 0.29) is 26.2 Å². The van der Waals surface area contributed by atoms with E-state index in [2.05, 4.69) is 0 Å². The van der Waals surface area contributed by atoms with Crippen molar-refractivity contribution in [3.05, 3.63) is 35.9 Å². The molecule has 1 saturated heterocycles. The van der Waals surface area contributed by atoms with Crippen LogP contribution in [0, 0.1) is 0 Å². The fraction of sp³-hybridized carbons (Fsp3) is 0.357. The van der Waals surface area contributed by atoms with Gasteiger partial charge >= 0.3 is 12.1 Å². The van der Waals surface area contributed by atoms with Gasteiger partial charge in [-0.15, -0.1) is 0 Å². The van der Waals surface area contributed by atoms with Crippen molar-refractivity contribution in [1.82, 2.24) is 4.90 Å². The largest absolute Gasteiger partial charge is 0.550 e. The Kier molecular flexibility index (Phi) is 4.76. The Balaban J connectivity index is 1.91. The van der Waals surface area contributed by atoms with Crippen molar-refractivity contribution in [3.63, 3.8) is 0 Å². The SMILES string of the molecule is O=C([O-])CC[C@@H]1C(=O)OCN1C(=O)OCc1ccccc1. The third-order valence-electron chi connectivity index (χ3n) is 3.06. The van der Waals surface area contributed by atoms with E-state index in [1.165, 1.54) is 0 Å². The van der Waals surface area contributed by atoms with E-state index in [9.17, 15) is 19.5 Å². The van der Waals surface area contributed by atoms with Crippen LogP contribution in [-0.4, -0.2) is 35.7 Å². The van der Waals surface area contributed by atoms with Crippen LogP contribution in [0.3, 0.4) is 0 Å². The number of amides is 1. The van der Waals surface area contributed by atoms with Gasteiger partial charge in [0.25, 0.3) is 0 Å². The van der Waals surface area contributed by atoms with Crippen molar-refractivity contribution in [3.8, 4) is 0 Å². The lowest BCUT2D eigenvalue weighted by Gasteiger charge is -2.19. The summed E-state index contributed by atoms with van der Waals surface area (Å²) in [5.74, 6) is -1.92. The zero-order valence-electron chi connectivity index (χ0n) is 11.2. The molecule has 1 aromatic carbocycles. The van der Waals surface area contributed by atoms with E-state index in [1.54, 1.807) is 12.1 Å². The standard InChI is InChI=1S/C14H15NO6/c16-12(17)7-6-11-13(18)21-9-15(11)14(19)20-8-10-4-2-1-3-5-10/h1-5,11H,6-9H2,(H,16,17)/p-1/t11-/m1/s1. The molecule has 0 N–H and O–H groups in total. The molecule has 1 atom stereocenters. The molecule has 112 valence electrons. The predicted octanol–water partition coefficient (Wildman–Crippen LogP) is 0.0382. The highest BCUT2D eigenvalue weighted by atomic mass is 16.6. The molecule has 1 aromatic rings. The van der Waals surface area contributed by atoms with Crippen LogP contribution in [0.4, 0.5) is 4.79 Å². The summed E-state index contributed by atoms with van der Waals surface area (Å²) >= 11 is 0. The molecule has 0 spiro atoms. The first-order valence-corrected chi connectivity index (χ1v) is 6.41. The summed E-state index contributed by atoms with van der Waals surface area (Å²) in [6.45, 7) is -0.165. The van der Waals surface area contributed by atoms with Crippen molar-refractivity contribution in [2.75, 3.05) is 6.73 Å². The van der Waals surface area contributed by atoms with Gasteiger partial charge in [-0.1, -0.05) is 30.3 Å². The van der Waals surface area contributed by atoms with Crippen LogP contribution < -0.4 is 5.11 Å². The summed E-state index contributed by atoms with van der Waals surface area (Å²) in [6.07, 6.45) is -1.10. The molecule has 0 unspecified atom stereocenters. The molecule has 1 aliphatic rings. The molecule has 0 bridgehead atoms. The molecule has 1 amide bonds. The number of carboxylic acid groups (broad SMARTS) is 1. The summed E-state index contributed by atoms with van der Waals surface area (Å²) in [7, 11) is 0. The molecule has 0 aromatic heterocycles. The zero-order valence-corrected chi connectivity index (χ0v) is 11.2. The van der Waals surface area contributed by atoms with Crippen molar-refractivity contribution in [2.45, 2.75) is 25.5 Å². The van der Waals surface area contributed by atoms with Gasteiger partial charge < -0.3 is 19.4 Å². The van der Waals surface area contributed by atoms with Crippen LogP contribution in [0.25, 0.3) is 0 Å². The van der Waals surface area contributed by atoms with E-state index >= 15 is 0 Å². The number of cyclic esters (lactones) is 1. The van der Waals surface area contributed by atoms with E-state index in [4.69, 9.17) is 9.47 Å². The average molecular weight is 292 g/mol. The molecule has 21 heavy (non-hydrogen) atoms. The number of carbonyl (C=O) groups is 3. The Labute approximate surface area is 121 Å². The number of esters is 1. The van der Waals surface area contributed by atoms with Crippen molar-refractivity contribution < 1.29 is 29.0 Å². The highest BCUT2D eigenvalue weighted by Crippen LogP contribution is 2.18. The van der Waals surface area contributed by atoms with Gasteiger partial charge in [-0.3, -0.25) is 4.90 Å². The van der Waals surface area contributed by atoms with Crippen LogP contribution in [0.1, 0.15) is 18.4 Å². The number of hydrogen-bond acceptors (Lipinski definition) is 6. The van der Waals surface area contributed by atoms with Gasteiger partial charge in [0, 0.05) is 5.97 Å². The number of carbonyl (C=O) groups excluding carboxylic acids is 3. The van der Waals surface area contributed by atoms with Crippen LogP contribution in [0.15, 0.2) is 30.3 Å². The molecule has 7 nitrogen and oxygen atoms in total. The second-order valence-electron chi connectivity index (χ2n) is 4.53. The van der Waals surface area contributed by atoms with Gasteiger partial charge in [0.05, 0.1) is 0 Å². The fourth-order valence-corrected chi connectivity index (χ4v) is 1.96. The fourth-order valence-electron chi connectivity index (χ4n) is 1.96. The summed E-state index contributed by atoms with van der Waals surface area (Å²) in [4.78, 5) is 34.9. The number of hydrogen-bond donors (Lipinski definition) is 0. The van der Waals surface area contributed by atoms with Crippen molar-refractivity contribution in [2.24, 2.45) is 0 Å². The van der Waals surface area contributed by atoms with Crippen LogP contribution in [0.2, 0.25) is 0 Å². The van der Waals surface area contributed by atoms with E-state index in [1.807, 2.05) is 18.2 Å². The third-order valence-corrected chi connectivity index (χ3v) is 3.06. The maximum atomic E-state index is 11.9. The van der Waals surface area contributed by atoms with Gasteiger partial charge in [-0.2, -0.15) is 0 Å². The van der Waals surface area contributed by atoms with Gasteiger partial charge in [-0.25, -0.2) is 9.59 Å². The molecule has 1 heterocycles. The predicted molar refractivity (Wildman–Crippen MR) is 67.5 cm³/mol. The minimum Gasteiger partial charge on any atom is -0.550 e. The lowest BCUT2D eigenvalue weighted by atomic mass is 10.1. The zero-order chi connectivity index (χ0) is 15.2. The van der Waals surface area contributed by atoms with E-state index in [0.717, 1.165) is 10.5 Å². The second kappa shape index (κ2) is 6.74. The molecule has 0 saturated carbocycles. The van der Waals surface area contributed by atoms with Crippen LogP contribution in [-0.2, 0) is 25.7 Å². The van der Waals surface area contributed by atoms with Gasteiger partial charge in [-0.05, 0) is 18.4 Å². The molecule has 0 aliphatic carbocycles. The topological polar surface area (TPSA) is 96.0 Å². The molecule has 7 heteroatoms. The Hall–Kier alpha value is -2.57. The van der Waals surface area contributed by atoms with Crippen molar-refractivity contribution >= 4 is 18.0 Å². The first-order valence-electron chi connectivity index (χ1n) is 6.41.